The summed E-state index contributed by atoms with van der Waals surface area (Å²) in [4.78, 5) is 30.4. The van der Waals surface area contributed by atoms with E-state index in [0.717, 1.165) is 32.4 Å². The second kappa shape index (κ2) is 8.73. The summed E-state index contributed by atoms with van der Waals surface area (Å²) < 4.78 is 24.4. The van der Waals surface area contributed by atoms with Crippen molar-refractivity contribution in [3.8, 4) is 0 Å². The lowest BCUT2D eigenvalue weighted by Crippen LogP contribution is -2.52. The lowest BCUT2D eigenvalue weighted by Gasteiger charge is -2.35. The Balaban J connectivity index is 1.29. The van der Waals surface area contributed by atoms with Gasteiger partial charge in [0.05, 0.1) is 17.5 Å². The molecule has 160 valence electrons. The van der Waals surface area contributed by atoms with Gasteiger partial charge in [0.25, 0.3) is 0 Å². The summed E-state index contributed by atoms with van der Waals surface area (Å²) in [5, 5.41) is 4.98. The molecule has 9 heteroatoms. The van der Waals surface area contributed by atoms with Crippen LogP contribution >= 0.6 is 11.3 Å². The van der Waals surface area contributed by atoms with Gasteiger partial charge in [-0.15, -0.1) is 11.3 Å². The zero-order chi connectivity index (χ0) is 20.4. The van der Waals surface area contributed by atoms with Gasteiger partial charge in [-0.25, -0.2) is 8.42 Å². The van der Waals surface area contributed by atoms with Crippen LogP contribution in [0.3, 0.4) is 0 Å². The number of nitrogens with one attached hydrogen (secondary N) is 1. The van der Waals surface area contributed by atoms with Crippen LogP contribution in [0.25, 0.3) is 0 Å². The van der Waals surface area contributed by atoms with Gasteiger partial charge in [-0.3, -0.25) is 14.5 Å². The SMILES string of the molecule is O=C(CCC(=O)N1CCc2sccc2C1)NC1CS(=O)(=O)CC1N1CCCCC1. The number of carbonyl (C=O) groups is 2. The van der Waals surface area contributed by atoms with Gasteiger partial charge in [-0.05, 0) is 49.4 Å². The van der Waals surface area contributed by atoms with Crippen LogP contribution in [0.15, 0.2) is 11.4 Å². The molecule has 3 aliphatic heterocycles. The fourth-order valence-electron chi connectivity index (χ4n) is 4.70. The number of piperidine rings is 1. The molecule has 7 nitrogen and oxygen atoms in total. The standard InChI is InChI=1S/C20H29N3O4S2/c24-19(4-5-20(25)23-10-6-18-15(12-23)7-11-28-18)21-16-13-29(26,27)14-17(16)22-8-2-1-3-9-22/h7,11,16-17H,1-6,8-10,12-14H2,(H,21,24). The van der Waals surface area contributed by atoms with Crippen LogP contribution in [-0.4, -0.2) is 73.3 Å². The molecule has 0 aromatic carbocycles. The Bertz CT molecular complexity index is 861. The van der Waals surface area contributed by atoms with Crippen molar-refractivity contribution >= 4 is 33.0 Å². The fraction of sp³-hybridized carbons (Fsp3) is 0.700. The van der Waals surface area contributed by atoms with Crippen LogP contribution < -0.4 is 5.32 Å². The smallest absolute Gasteiger partial charge is 0.223 e. The van der Waals surface area contributed by atoms with E-state index in [1.807, 2.05) is 4.90 Å². The summed E-state index contributed by atoms with van der Waals surface area (Å²) in [5.41, 5.74) is 1.21. The Morgan fingerprint density at radius 2 is 1.90 bits per heavy atom. The Labute approximate surface area is 176 Å². The first-order chi connectivity index (χ1) is 13.9. The third-order valence-corrected chi connectivity index (χ3v) is 8.99. The monoisotopic (exact) mass is 439 g/mol. The molecule has 1 aromatic rings. The number of likely N-dealkylation sites (tertiary alicyclic amines) is 1. The fourth-order valence-corrected chi connectivity index (χ4v) is 7.54. The van der Waals surface area contributed by atoms with E-state index in [9.17, 15) is 18.0 Å². The van der Waals surface area contributed by atoms with Crippen molar-refractivity contribution in [2.75, 3.05) is 31.1 Å². The van der Waals surface area contributed by atoms with Crippen molar-refractivity contribution in [2.45, 2.75) is 57.2 Å². The van der Waals surface area contributed by atoms with E-state index in [1.54, 1.807) is 11.3 Å². The molecule has 1 aromatic heterocycles. The van der Waals surface area contributed by atoms with Crippen LogP contribution in [0.4, 0.5) is 0 Å². The maximum Gasteiger partial charge on any atom is 0.223 e. The van der Waals surface area contributed by atoms with Gasteiger partial charge in [0, 0.05) is 36.9 Å². The quantitative estimate of drug-likeness (QED) is 0.745. The minimum absolute atomic E-state index is 0.000904. The highest BCUT2D eigenvalue weighted by Crippen LogP contribution is 2.25. The molecule has 2 unspecified atom stereocenters. The van der Waals surface area contributed by atoms with E-state index in [-0.39, 0.29) is 48.2 Å². The summed E-state index contributed by atoms with van der Waals surface area (Å²) in [6, 6.07) is 1.55. The highest BCUT2D eigenvalue weighted by molar-refractivity contribution is 7.91. The number of carbonyl (C=O) groups excluding carboxylic acids is 2. The highest BCUT2D eigenvalue weighted by Gasteiger charge is 2.41. The molecule has 2 saturated heterocycles. The second-order valence-electron chi connectivity index (χ2n) is 8.35. The highest BCUT2D eigenvalue weighted by atomic mass is 32.2. The lowest BCUT2D eigenvalue weighted by molar-refractivity contribution is -0.134. The zero-order valence-electron chi connectivity index (χ0n) is 16.6. The minimum Gasteiger partial charge on any atom is -0.351 e. The first kappa shape index (κ1) is 20.8. The predicted octanol–water partition coefficient (Wildman–Crippen LogP) is 1.18. The van der Waals surface area contributed by atoms with Gasteiger partial charge in [0.1, 0.15) is 0 Å². The number of sulfone groups is 1. The minimum atomic E-state index is -3.14. The van der Waals surface area contributed by atoms with Gasteiger partial charge in [0.15, 0.2) is 9.84 Å². The molecule has 0 bridgehead atoms. The molecule has 2 atom stereocenters. The molecule has 0 saturated carbocycles. The Hall–Kier alpha value is -1.45. The molecule has 0 spiro atoms. The van der Waals surface area contributed by atoms with Crippen LogP contribution in [0.5, 0.6) is 0 Å². The molecular formula is C20H29N3O4S2. The van der Waals surface area contributed by atoms with E-state index < -0.39 is 9.84 Å². The average Bonchev–Trinajstić information content (AvgIpc) is 3.29. The van der Waals surface area contributed by atoms with Crippen LogP contribution in [0.1, 0.15) is 42.5 Å². The van der Waals surface area contributed by atoms with E-state index in [1.165, 1.54) is 16.9 Å². The van der Waals surface area contributed by atoms with Gasteiger partial charge in [-0.2, -0.15) is 0 Å². The molecular weight excluding hydrogens is 410 g/mol. The van der Waals surface area contributed by atoms with Gasteiger partial charge < -0.3 is 10.2 Å². The molecule has 0 radical (unpaired) electrons. The average molecular weight is 440 g/mol. The van der Waals surface area contributed by atoms with Crippen molar-refractivity contribution in [1.82, 2.24) is 15.1 Å². The number of amides is 2. The molecule has 4 rings (SSSR count). The van der Waals surface area contributed by atoms with Gasteiger partial charge >= 0.3 is 0 Å². The number of fused-ring (bicyclic) bond motifs is 1. The van der Waals surface area contributed by atoms with Gasteiger partial charge in [-0.1, -0.05) is 6.42 Å². The first-order valence-electron chi connectivity index (χ1n) is 10.5. The van der Waals surface area contributed by atoms with E-state index in [2.05, 4.69) is 21.7 Å². The molecule has 4 heterocycles. The van der Waals surface area contributed by atoms with Crippen LogP contribution in [0.2, 0.25) is 0 Å². The van der Waals surface area contributed by atoms with Crippen molar-refractivity contribution in [1.29, 1.82) is 0 Å². The Kier molecular flexibility index (Phi) is 6.27. The molecule has 0 aliphatic carbocycles. The topological polar surface area (TPSA) is 86.8 Å². The summed E-state index contributed by atoms with van der Waals surface area (Å²) in [6.45, 7) is 3.11. The van der Waals surface area contributed by atoms with E-state index in [4.69, 9.17) is 0 Å². The van der Waals surface area contributed by atoms with Crippen molar-refractivity contribution < 1.29 is 18.0 Å². The number of nitrogens with zero attached hydrogens (tertiary/aromatic N) is 2. The summed E-state index contributed by atoms with van der Waals surface area (Å²) in [5.74, 6) is -0.117. The summed E-state index contributed by atoms with van der Waals surface area (Å²) >= 11 is 1.73. The normalized spacial score (nSPS) is 26.8. The molecule has 1 N–H and O–H groups in total. The third-order valence-electron chi connectivity index (χ3n) is 6.26. The van der Waals surface area contributed by atoms with Crippen molar-refractivity contribution in [3.63, 3.8) is 0 Å². The maximum absolute atomic E-state index is 12.5. The zero-order valence-corrected chi connectivity index (χ0v) is 18.3. The van der Waals surface area contributed by atoms with Crippen molar-refractivity contribution in [2.24, 2.45) is 0 Å². The predicted molar refractivity (Wildman–Crippen MR) is 112 cm³/mol. The van der Waals surface area contributed by atoms with E-state index in [0.29, 0.717) is 13.1 Å². The third kappa shape index (κ3) is 5.00. The number of thiophene rings is 1. The molecule has 2 amide bonds. The molecule has 3 aliphatic rings. The lowest BCUT2D eigenvalue weighted by atomic mass is 10.0. The molecule has 29 heavy (non-hydrogen) atoms. The van der Waals surface area contributed by atoms with Gasteiger partial charge in [0.2, 0.25) is 11.8 Å². The van der Waals surface area contributed by atoms with Crippen LogP contribution in [-0.2, 0) is 32.4 Å². The Morgan fingerprint density at radius 3 is 2.69 bits per heavy atom. The first-order valence-corrected chi connectivity index (χ1v) is 13.2. The largest absolute Gasteiger partial charge is 0.351 e. The maximum atomic E-state index is 12.5. The van der Waals surface area contributed by atoms with Crippen molar-refractivity contribution in [3.05, 3.63) is 21.9 Å². The summed E-state index contributed by atoms with van der Waals surface area (Å²) in [6.07, 6.45) is 4.48. The molecule has 2 fully saturated rings. The van der Waals surface area contributed by atoms with E-state index >= 15 is 0 Å². The number of rotatable bonds is 5. The Morgan fingerprint density at radius 1 is 1.10 bits per heavy atom. The number of hydrogen-bond acceptors (Lipinski definition) is 6. The summed E-state index contributed by atoms with van der Waals surface area (Å²) in [7, 11) is -3.14. The second-order valence-corrected chi connectivity index (χ2v) is 11.5. The number of hydrogen-bond donors (Lipinski definition) is 1. The van der Waals surface area contributed by atoms with Crippen LogP contribution in [0, 0.1) is 0 Å².